The van der Waals surface area contributed by atoms with E-state index in [4.69, 9.17) is 9.15 Å². The van der Waals surface area contributed by atoms with Crippen molar-refractivity contribution in [1.82, 2.24) is 9.88 Å². The van der Waals surface area contributed by atoms with E-state index in [1.54, 1.807) is 13.1 Å². The highest BCUT2D eigenvalue weighted by Gasteiger charge is 2.65. The number of carbonyl (C=O) groups is 1. The van der Waals surface area contributed by atoms with Crippen LogP contribution in [0.15, 0.2) is 33.7 Å². The SMILES string of the molecule is Cc1cnc(C23CC2CN(C(=O)c2cc(S(C)(=O)=O)ccc2OC(C)C(F)(F)F)C3)o1. The van der Waals surface area contributed by atoms with Crippen LogP contribution < -0.4 is 4.74 Å². The van der Waals surface area contributed by atoms with Gasteiger partial charge in [-0.1, -0.05) is 0 Å². The van der Waals surface area contributed by atoms with Crippen LogP contribution in [0.3, 0.4) is 0 Å². The summed E-state index contributed by atoms with van der Waals surface area (Å²) in [5, 5.41) is 0. The van der Waals surface area contributed by atoms with Crippen molar-refractivity contribution in [1.29, 1.82) is 0 Å². The second-order valence-corrected chi connectivity index (χ2v) is 10.3. The van der Waals surface area contributed by atoms with E-state index >= 15 is 0 Å². The molecule has 2 heterocycles. The van der Waals surface area contributed by atoms with E-state index in [1.807, 2.05) is 0 Å². The molecule has 0 N–H and O–H groups in total. The molecule has 1 saturated heterocycles. The topological polar surface area (TPSA) is 89.7 Å². The number of amides is 1. The normalized spacial score (nSPS) is 24.1. The number of aromatic nitrogens is 1. The summed E-state index contributed by atoms with van der Waals surface area (Å²) in [5.74, 6) is 0.412. The number of oxazole rings is 1. The Kier molecular flexibility index (Phi) is 4.87. The van der Waals surface area contributed by atoms with Gasteiger partial charge in [0.2, 0.25) is 5.89 Å². The fourth-order valence-electron chi connectivity index (χ4n) is 3.99. The molecule has 0 radical (unpaired) electrons. The maximum atomic E-state index is 13.2. The van der Waals surface area contributed by atoms with Crippen molar-refractivity contribution < 1.29 is 35.5 Å². The molecule has 168 valence electrons. The number of alkyl halides is 3. The number of nitrogens with zero attached hydrogens (tertiary/aromatic N) is 2. The minimum absolute atomic E-state index is 0.131. The third kappa shape index (κ3) is 3.90. The Hall–Kier alpha value is -2.56. The molecule has 1 aromatic heterocycles. The van der Waals surface area contributed by atoms with Crippen LogP contribution in [0, 0.1) is 12.8 Å². The Labute approximate surface area is 177 Å². The van der Waals surface area contributed by atoms with E-state index in [0.29, 0.717) is 18.2 Å². The standard InChI is InChI=1S/C20H21F3N2O5S/c1-11-8-24-18(29-11)19-7-13(19)9-25(10-19)17(26)15-6-14(31(3,27)28)4-5-16(15)30-12(2)20(21,22)23/h4-6,8,12-13H,7,9-10H2,1-3H3. The summed E-state index contributed by atoms with van der Waals surface area (Å²) in [4.78, 5) is 18.8. The average Bonchev–Trinajstić information content (AvgIpc) is 2.99. The van der Waals surface area contributed by atoms with E-state index in [0.717, 1.165) is 37.8 Å². The Morgan fingerprint density at radius 2 is 2.10 bits per heavy atom. The van der Waals surface area contributed by atoms with Crippen LogP contribution in [-0.4, -0.2) is 55.8 Å². The minimum atomic E-state index is -4.64. The second-order valence-electron chi connectivity index (χ2n) is 8.25. The first-order valence-corrected chi connectivity index (χ1v) is 11.5. The van der Waals surface area contributed by atoms with Crippen molar-refractivity contribution in [2.75, 3.05) is 19.3 Å². The maximum Gasteiger partial charge on any atom is 0.425 e. The zero-order valence-corrected chi connectivity index (χ0v) is 17.9. The first-order chi connectivity index (χ1) is 14.3. The molecule has 11 heteroatoms. The van der Waals surface area contributed by atoms with Crippen LogP contribution in [-0.2, 0) is 15.3 Å². The molecule has 7 nitrogen and oxygen atoms in total. The summed E-state index contributed by atoms with van der Waals surface area (Å²) in [7, 11) is -3.68. The van der Waals surface area contributed by atoms with E-state index in [9.17, 15) is 26.4 Å². The number of benzene rings is 1. The molecule has 1 amide bonds. The highest BCUT2D eigenvalue weighted by Crippen LogP contribution is 2.59. The molecule has 3 atom stereocenters. The van der Waals surface area contributed by atoms with Crippen molar-refractivity contribution in [3.8, 4) is 5.75 Å². The molecule has 0 spiro atoms. The fraction of sp³-hybridized carbons (Fsp3) is 0.500. The number of likely N-dealkylation sites (tertiary alicyclic amines) is 1. The molecule has 0 bridgehead atoms. The first-order valence-electron chi connectivity index (χ1n) is 9.61. The number of aryl methyl sites for hydroxylation is 1. The lowest BCUT2D eigenvalue weighted by Gasteiger charge is -2.24. The number of ether oxygens (including phenoxy) is 1. The van der Waals surface area contributed by atoms with Crippen LogP contribution in [0.5, 0.6) is 5.75 Å². The van der Waals surface area contributed by atoms with Gasteiger partial charge in [-0.25, -0.2) is 13.4 Å². The summed E-state index contributed by atoms with van der Waals surface area (Å²) in [5.41, 5.74) is -0.627. The van der Waals surface area contributed by atoms with Gasteiger partial charge >= 0.3 is 6.18 Å². The van der Waals surface area contributed by atoms with Crippen molar-refractivity contribution in [3.63, 3.8) is 0 Å². The smallest absolute Gasteiger partial charge is 0.425 e. The summed E-state index contributed by atoms with van der Waals surface area (Å²) >= 11 is 0. The van der Waals surface area contributed by atoms with Crippen molar-refractivity contribution in [3.05, 3.63) is 41.6 Å². The van der Waals surface area contributed by atoms with Crippen LogP contribution >= 0.6 is 0 Å². The number of hydrogen-bond donors (Lipinski definition) is 0. The van der Waals surface area contributed by atoms with Gasteiger partial charge in [-0.15, -0.1) is 0 Å². The van der Waals surface area contributed by atoms with Gasteiger partial charge in [-0.05, 0) is 44.4 Å². The molecule has 1 aromatic carbocycles. The number of rotatable bonds is 5. The Balaban J connectivity index is 1.65. The van der Waals surface area contributed by atoms with Gasteiger partial charge in [0, 0.05) is 19.3 Å². The third-order valence-electron chi connectivity index (χ3n) is 5.85. The molecular weight excluding hydrogens is 437 g/mol. The molecule has 4 rings (SSSR count). The lowest BCUT2D eigenvalue weighted by atomic mass is 10.1. The molecule has 3 unspecified atom stereocenters. The summed E-state index contributed by atoms with van der Waals surface area (Å²) in [6.45, 7) is 3.25. The van der Waals surface area contributed by atoms with E-state index < -0.39 is 33.4 Å². The largest absolute Gasteiger partial charge is 0.480 e. The number of fused-ring (bicyclic) bond motifs is 1. The number of hydrogen-bond acceptors (Lipinski definition) is 6. The second kappa shape index (κ2) is 6.98. The first kappa shape index (κ1) is 21.7. The molecular formula is C20H21F3N2O5S. The summed E-state index contributed by atoms with van der Waals surface area (Å²) in [6.07, 6.45) is -3.45. The lowest BCUT2D eigenvalue weighted by Crippen LogP contribution is -2.35. The van der Waals surface area contributed by atoms with E-state index in [2.05, 4.69) is 4.98 Å². The molecule has 1 saturated carbocycles. The molecule has 31 heavy (non-hydrogen) atoms. The van der Waals surface area contributed by atoms with E-state index in [-0.39, 0.29) is 28.7 Å². The van der Waals surface area contributed by atoms with Crippen molar-refractivity contribution >= 4 is 15.7 Å². The van der Waals surface area contributed by atoms with Crippen LogP contribution in [0.2, 0.25) is 0 Å². The predicted molar refractivity (Wildman–Crippen MR) is 103 cm³/mol. The molecule has 2 aromatic rings. The minimum Gasteiger partial charge on any atom is -0.480 e. The zero-order chi connectivity index (χ0) is 22.8. The number of carbonyl (C=O) groups excluding carboxylic acids is 1. The Bertz CT molecular complexity index is 1140. The van der Waals surface area contributed by atoms with Gasteiger partial charge in [0.15, 0.2) is 15.9 Å². The van der Waals surface area contributed by atoms with Crippen LogP contribution in [0.1, 0.15) is 35.4 Å². The van der Waals surface area contributed by atoms with Gasteiger partial charge in [-0.3, -0.25) is 4.79 Å². The molecule has 2 fully saturated rings. The molecule has 1 aliphatic heterocycles. The van der Waals surface area contributed by atoms with Gasteiger partial charge in [0.05, 0.1) is 22.1 Å². The third-order valence-corrected chi connectivity index (χ3v) is 6.96. The monoisotopic (exact) mass is 458 g/mol. The van der Waals surface area contributed by atoms with Crippen molar-refractivity contribution in [2.45, 2.75) is 42.9 Å². The van der Waals surface area contributed by atoms with Gasteiger partial charge < -0.3 is 14.1 Å². The Morgan fingerprint density at radius 1 is 1.39 bits per heavy atom. The van der Waals surface area contributed by atoms with Crippen LogP contribution in [0.25, 0.3) is 0 Å². The summed E-state index contributed by atoms with van der Waals surface area (Å²) < 4.78 is 73.6. The molecule has 1 aliphatic carbocycles. The van der Waals surface area contributed by atoms with Crippen molar-refractivity contribution in [2.24, 2.45) is 5.92 Å². The number of halogens is 3. The fourth-order valence-corrected chi connectivity index (χ4v) is 4.64. The number of sulfone groups is 1. The quantitative estimate of drug-likeness (QED) is 0.684. The predicted octanol–water partition coefficient (Wildman–Crippen LogP) is 3.13. The molecule has 2 aliphatic rings. The number of piperidine rings is 1. The van der Waals surface area contributed by atoms with Crippen LogP contribution in [0.4, 0.5) is 13.2 Å². The highest BCUT2D eigenvalue weighted by atomic mass is 32.2. The summed E-state index contributed by atoms with van der Waals surface area (Å²) in [6, 6.07) is 3.29. The lowest BCUT2D eigenvalue weighted by molar-refractivity contribution is -0.189. The van der Waals surface area contributed by atoms with E-state index in [1.165, 1.54) is 4.90 Å². The van der Waals surface area contributed by atoms with Gasteiger partial charge in [-0.2, -0.15) is 13.2 Å². The zero-order valence-electron chi connectivity index (χ0n) is 17.1. The average molecular weight is 458 g/mol. The Morgan fingerprint density at radius 3 is 2.68 bits per heavy atom. The highest BCUT2D eigenvalue weighted by molar-refractivity contribution is 7.90. The van der Waals surface area contributed by atoms with Gasteiger partial charge in [0.1, 0.15) is 11.5 Å². The maximum absolute atomic E-state index is 13.2. The van der Waals surface area contributed by atoms with Gasteiger partial charge in [0.25, 0.3) is 5.91 Å².